The Morgan fingerprint density at radius 2 is 2.24 bits per heavy atom. The second-order valence-corrected chi connectivity index (χ2v) is 4.65. The molecule has 17 heavy (non-hydrogen) atoms. The zero-order valence-electron chi connectivity index (χ0n) is 9.26. The maximum atomic E-state index is 13.4. The molecule has 3 nitrogen and oxygen atoms in total. The lowest BCUT2D eigenvalue weighted by Crippen LogP contribution is -2.16. The molecule has 0 aliphatic rings. The third kappa shape index (κ3) is 2.68. The lowest BCUT2D eigenvalue weighted by atomic mass is 10.2. The van der Waals surface area contributed by atoms with Crippen molar-refractivity contribution in [2.45, 2.75) is 6.54 Å². The quantitative estimate of drug-likeness (QED) is 0.782. The predicted molar refractivity (Wildman–Crippen MR) is 66.0 cm³/mol. The van der Waals surface area contributed by atoms with Gasteiger partial charge in [0.05, 0.1) is 11.1 Å². The molecule has 0 N–H and O–H groups in total. The van der Waals surface area contributed by atoms with Crippen molar-refractivity contribution in [2.75, 3.05) is 11.9 Å². The highest BCUT2D eigenvalue weighted by Gasteiger charge is 2.09. The zero-order chi connectivity index (χ0) is 12.3. The number of nitrogens with zero attached hydrogens (tertiary/aromatic N) is 2. The van der Waals surface area contributed by atoms with Gasteiger partial charge in [0.1, 0.15) is 5.82 Å². The van der Waals surface area contributed by atoms with E-state index in [-0.39, 0.29) is 5.82 Å². The highest BCUT2D eigenvalue weighted by Crippen LogP contribution is 2.22. The van der Waals surface area contributed by atoms with E-state index >= 15 is 0 Å². The van der Waals surface area contributed by atoms with Crippen molar-refractivity contribution in [3.8, 4) is 0 Å². The van der Waals surface area contributed by atoms with Crippen LogP contribution in [0.5, 0.6) is 0 Å². The molecule has 88 valence electrons. The summed E-state index contributed by atoms with van der Waals surface area (Å²) in [5.74, 6) is -0.230. The van der Waals surface area contributed by atoms with Gasteiger partial charge in [-0.2, -0.15) is 0 Å². The summed E-state index contributed by atoms with van der Waals surface area (Å²) >= 11 is 1.29. The summed E-state index contributed by atoms with van der Waals surface area (Å²) in [4.78, 5) is 17.0. The number of benzene rings is 1. The normalized spacial score (nSPS) is 10.2. The predicted octanol–water partition coefficient (Wildman–Crippen LogP) is 2.73. The minimum absolute atomic E-state index is 0.230. The molecule has 1 aromatic carbocycles. The first-order valence-electron chi connectivity index (χ1n) is 5.06. The average molecular weight is 250 g/mol. The second kappa shape index (κ2) is 5.05. The Bertz CT molecular complexity index is 527. The molecule has 0 bridgehead atoms. The molecule has 0 saturated carbocycles. The van der Waals surface area contributed by atoms with E-state index in [0.29, 0.717) is 22.1 Å². The van der Waals surface area contributed by atoms with Crippen molar-refractivity contribution in [1.82, 2.24) is 4.98 Å². The zero-order valence-corrected chi connectivity index (χ0v) is 10.1. The Morgan fingerprint density at radius 1 is 1.47 bits per heavy atom. The maximum Gasteiger partial charge on any atom is 0.185 e. The van der Waals surface area contributed by atoms with Crippen LogP contribution >= 0.6 is 11.3 Å². The fourth-order valence-electron chi connectivity index (χ4n) is 1.46. The van der Waals surface area contributed by atoms with Gasteiger partial charge in [0, 0.05) is 19.2 Å². The summed E-state index contributed by atoms with van der Waals surface area (Å²) in [5, 5.41) is 0.704. The van der Waals surface area contributed by atoms with Crippen LogP contribution in [0.1, 0.15) is 15.2 Å². The summed E-state index contributed by atoms with van der Waals surface area (Å²) in [6.07, 6.45) is 2.28. The summed E-state index contributed by atoms with van der Waals surface area (Å²) in [7, 11) is 1.82. The molecule has 0 amide bonds. The van der Waals surface area contributed by atoms with Crippen LogP contribution in [0.2, 0.25) is 0 Å². The Labute approximate surface area is 103 Å². The smallest absolute Gasteiger partial charge is 0.185 e. The number of aldehydes is 1. The van der Waals surface area contributed by atoms with Crippen LogP contribution in [0.3, 0.4) is 0 Å². The fraction of sp³-hybridized carbons (Fsp3) is 0.167. The third-order valence-corrected chi connectivity index (χ3v) is 3.36. The van der Waals surface area contributed by atoms with E-state index in [1.807, 2.05) is 11.9 Å². The SMILES string of the molecule is CN(Cc1ccccc1F)c1ncc(C=O)s1. The van der Waals surface area contributed by atoms with Gasteiger partial charge in [0.25, 0.3) is 0 Å². The van der Waals surface area contributed by atoms with E-state index in [4.69, 9.17) is 0 Å². The Hall–Kier alpha value is -1.75. The van der Waals surface area contributed by atoms with Crippen molar-refractivity contribution >= 4 is 22.8 Å². The summed E-state index contributed by atoms with van der Waals surface area (Å²) < 4.78 is 13.4. The van der Waals surface area contributed by atoms with Crippen molar-refractivity contribution in [2.24, 2.45) is 0 Å². The van der Waals surface area contributed by atoms with E-state index in [1.54, 1.807) is 18.2 Å². The summed E-state index contributed by atoms with van der Waals surface area (Å²) in [6, 6.07) is 6.62. The first-order valence-corrected chi connectivity index (χ1v) is 5.88. The molecule has 1 heterocycles. The van der Waals surface area contributed by atoms with Crippen molar-refractivity contribution in [3.63, 3.8) is 0 Å². The summed E-state index contributed by atoms with van der Waals surface area (Å²) in [6.45, 7) is 0.429. The maximum absolute atomic E-state index is 13.4. The molecule has 0 fully saturated rings. The molecular weight excluding hydrogens is 239 g/mol. The van der Waals surface area contributed by atoms with Gasteiger partial charge in [-0.05, 0) is 6.07 Å². The van der Waals surface area contributed by atoms with E-state index in [9.17, 15) is 9.18 Å². The van der Waals surface area contributed by atoms with Crippen LogP contribution in [0.15, 0.2) is 30.5 Å². The molecule has 0 saturated heterocycles. The van der Waals surface area contributed by atoms with Gasteiger partial charge < -0.3 is 4.90 Å². The molecule has 0 radical (unpaired) electrons. The van der Waals surface area contributed by atoms with Gasteiger partial charge in [0.15, 0.2) is 11.4 Å². The van der Waals surface area contributed by atoms with Crippen molar-refractivity contribution in [1.29, 1.82) is 0 Å². The number of thiazole rings is 1. The van der Waals surface area contributed by atoms with E-state index < -0.39 is 0 Å². The first-order chi connectivity index (χ1) is 8.20. The molecule has 0 aliphatic heterocycles. The number of rotatable bonds is 4. The molecule has 2 rings (SSSR count). The van der Waals surface area contributed by atoms with Gasteiger partial charge in [-0.15, -0.1) is 0 Å². The second-order valence-electron chi connectivity index (χ2n) is 3.61. The number of carbonyl (C=O) groups is 1. The van der Waals surface area contributed by atoms with Gasteiger partial charge in [-0.3, -0.25) is 4.79 Å². The van der Waals surface area contributed by atoms with Gasteiger partial charge in [0.2, 0.25) is 0 Å². The third-order valence-electron chi connectivity index (χ3n) is 2.32. The molecule has 5 heteroatoms. The minimum Gasteiger partial charge on any atom is -0.347 e. The number of halogens is 1. The van der Waals surface area contributed by atoms with Crippen molar-refractivity contribution < 1.29 is 9.18 Å². The van der Waals surface area contributed by atoms with Crippen LogP contribution in [-0.4, -0.2) is 18.3 Å². The van der Waals surface area contributed by atoms with Gasteiger partial charge in [-0.25, -0.2) is 9.37 Å². The first kappa shape index (κ1) is 11.7. The molecular formula is C12H11FN2OS. The Balaban J connectivity index is 2.14. The van der Waals surface area contributed by atoms with Gasteiger partial charge >= 0.3 is 0 Å². The van der Waals surface area contributed by atoms with Crippen LogP contribution in [0, 0.1) is 5.82 Å². The van der Waals surface area contributed by atoms with Crippen LogP contribution in [0.25, 0.3) is 0 Å². The molecule has 0 aliphatic carbocycles. The number of hydrogen-bond donors (Lipinski definition) is 0. The van der Waals surface area contributed by atoms with Crippen molar-refractivity contribution in [3.05, 3.63) is 46.7 Å². The fourth-order valence-corrected chi connectivity index (χ4v) is 2.15. The highest BCUT2D eigenvalue weighted by atomic mass is 32.1. The molecule has 2 aromatic rings. The van der Waals surface area contributed by atoms with Gasteiger partial charge in [-0.1, -0.05) is 29.5 Å². The van der Waals surface area contributed by atoms with Crippen LogP contribution in [-0.2, 0) is 6.54 Å². The molecule has 0 unspecified atom stereocenters. The number of hydrogen-bond acceptors (Lipinski definition) is 4. The summed E-state index contributed by atoms with van der Waals surface area (Å²) in [5.41, 5.74) is 0.609. The molecule has 1 aromatic heterocycles. The topological polar surface area (TPSA) is 33.2 Å². The monoisotopic (exact) mass is 250 g/mol. The highest BCUT2D eigenvalue weighted by molar-refractivity contribution is 7.17. The van der Waals surface area contributed by atoms with E-state index in [1.165, 1.54) is 23.6 Å². The lowest BCUT2D eigenvalue weighted by molar-refractivity contribution is 0.112. The van der Waals surface area contributed by atoms with Crippen LogP contribution < -0.4 is 4.90 Å². The molecule has 0 spiro atoms. The number of anilines is 1. The van der Waals surface area contributed by atoms with Crippen LogP contribution in [0.4, 0.5) is 9.52 Å². The largest absolute Gasteiger partial charge is 0.347 e. The number of carbonyl (C=O) groups excluding carboxylic acids is 1. The molecule has 0 atom stereocenters. The van der Waals surface area contributed by atoms with E-state index in [2.05, 4.69) is 4.98 Å². The van der Waals surface area contributed by atoms with E-state index in [0.717, 1.165) is 6.29 Å². The Morgan fingerprint density at radius 3 is 2.88 bits per heavy atom. The average Bonchev–Trinajstić information content (AvgIpc) is 2.81. The number of aromatic nitrogens is 1. The lowest BCUT2D eigenvalue weighted by Gasteiger charge is -2.15. The Kier molecular flexibility index (Phi) is 3.49. The minimum atomic E-state index is -0.230. The standard InChI is InChI=1S/C12H11FN2OS/c1-15(12-14-6-10(8-16)17-12)7-9-4-2-3-5-11(9)13/h2-6,8H,7H2,1H3.